The highest BCUT2D eigenvalue weighted by Crippen LogP contribution is 2.21. The van der Waals surface area contributed by atoms with Gasteiger partial charge in [0.25, 0.3) is 5.56 Å². The standard InChI is InChI=1S/C30H30N4O4/c1-20-6-4-5-7-27(20)33-30(37)32-25-14-12-24(13-15-25)26-17-31-19-34(29(26)36)18-22-8-10-23(11-9-22)21(2)16-28(35)38-3/h4-15,17,19,21H,16,18H2,1-3H3,(H2,32,33,37)/t21-/m1/s1. The van der Waals surface area contributed by atoms with E-state index >= 15 is 0 Å². The lowest BCUT2D eigenvalue weighted by atomic mass is 9.97. The molecular formula is C30H30N4O4. The number of carbonyl (C=O) groups is 2. The molecule has 0 fully saturated rings. The van der Waals surface area contributed by atoms with E-state index in [2.05, 4.69) is 15.6 Å². The Kier molecular flexibility index (Phi) is 8.33. The summed E-state index contributed by atoms with van der Waals surface area (Å²) >= 11 is 0. The van der Waals surface area contributed by atoms with Crippen molar-refractivity contribution in [2.45, 2.75) is 32.7 Å². The van der Waals surface area contributed by atoms with E-state index in [1.165, 1.54) is 13.4 Å². The van der Waals surface area contributed by atoms with Crippen LogP contribution >= 0.6 is 0 Å². The smallest absolute Gasteiger partial charge is 0.323 e. The van der Waals surface area contributed by atoms with Gasteiger partial charge in [-0.2, -0.15) is 0 Å². The van der Waals surface area contributed by atoms with Gasteiger partial charge in [-0.25, -0.2) is 9.78 Å². The second-order valence-corrected chi connectivity index (χ2v) is 9.13. The van der Waals surface area contributed by atoms with Crippen molar-refractivity contribution in [3.05, 3.63) is 112 Å². The van der Waals surface area contributed by atoms with E-state index in [1.54, 1.807) is 35.0 Å². The largest absolute Gasteiger partial charge is 0.469 e. The van der Waals surface area contributed by atoms with Crippen molar-refractivity contribution in [2.75, 3.05) is 17.7 Å². The number of nitrogens with one attached hydrogen (secondary N) is 2. The Balaban J connectivity index is 1.43. The lowest BCUT2D eigenvalue weighted by Gasteiger charge is -2.12. The first-order chi connectivity index (χ1) is 18.3. The zero-order valence-electron chi connectivity index (χ0n) is 21.6. The number of aryl methyl sites for hydroxylation is 1. The molecule has 0 spiro atoms. The van der Waals surface area contributed by atoms with Crippen LogP contribution in [-0.2, 0) is 16.1 Å². The predicted molar refractivity (Wildman–Crippen MR) is 148 cm³/mol. The summed E-state index contributed by atoms with van der Waals surface area (Å²) in [6, 6.07) is 22.1. The molecule has 4 rings (SSSR count). The van der Waals surface area contributed by atoms with Crippen LogP contribution in [0.3, 0.4) is 0 Å². The number of aromatic nitrogens is 2. The van der Waals surface area contributed by atoms with Gasteiger partial charge in [0.05, 0.1) is 32.0 Å². The van der Waals surface area contributed by atoms with Crippen LogP contribution in [0.5, 0.6) is 0 Å². The second kappa shape index (κ2) is 12.0. The maximum absolute atomic E-state index is 13.2. The lowest BCUT2D eigenvalue weighted by molar-refractivity contribution is -0.140. The van der Waals surface area contributed by atoms with Crippen LogP contribution < -0.4 is 16.2 Å². The molecule has 38 heavy (non-hydrogen) atoms. The highest BCUT2D eigenvalue weighted by molar-refractivity contribution is 6.00. The van der Waals surface area contributed by atoms with E-state index in [9.17, 15) is 14.4 Å². The third-order valence-corrected chi connectivity index (χ3v) is 6.35. The Hall–Kier alpha value is -4.72. The number of benzene rings is 3. The molecule has 0 aliphatic carbocycles. The molecule has 0 saturated carbocycles. The van der Waals surface area contributed by atoms with Crippen molar-refractivity contribution in [1.82, 2.24) is 9.55 Å². The van der Waals surface area contributed by atoms with Crippen LogP contribution in [-0.4, -0.2) is 28.7 Å². The minimum absolute atomic E-state index is 0.0372. The fourth-order valence-electron chi connectivity index (χ4n) is 4.09. The number of anilines is 2. The summed E-state index contributed by atoms with van der Waals surface area (Å²) in [4.78, 5) is 41.4. The van der Waals surface area contributed by atoms with E-state index in [0.29, 0.717) is 29.8 Å². The summed E-state index contributed by atoms with van der Waals surface area (Å²) in [5.74, 6) is -0.208. The minimum Gasteiger partial charge on any atom is -0.469 e. The van der Waals surface area contributed by atoms with Crippen molar-refractivity contribution in [2.24, 2.45) is 0 Å². The second-order valence-electron chi connectivity index (χ2n) is 9.13. The molecule has 1 aromatic heterocycles. The predicted octanol–water partition coefficient (Wildman–Crippen LogP) is 5.58. The maximum Gasteiger partial charge on any atom is 0.323 e. The molecule has 1 heterocycles. The van der Waals surface area contributed by atoms with E-state index in [4.69, 9.17) is 4.74 Å². The first kappa shape index (κ1) is 26.3. The van der Waals surface area contributed by atoms with Gasteiger partial charge in [-0.3, -0.25) is 14.2 Å². The van der Waals surface area contributed by atoms with Crippen LogP contribution in [0.2, 0.25) is 0 Å². The molecule has 0 radical (unpaired) electrons. The molecule has 0 bridgehead atoms. The molecular weight excluding hydrogens is 480 g/mol. The van der Waals surface area contributed by atoms with Crippen LogP contribution in [0.15, 0.2) is 90.1 Å². The van der Waals surface area contributed by atoms with Gasteiger partial charge in [0.2, 0.25) is 0 Å². The van der Waals surface area contributed by atoms with Gasteiger partial charge in [-0.05, 0) is 53.3 Å². The fourth-order valence-corrected chi connectivity index (χ4v) is 4.09. The Labute approximate surface area is 221 Å². The summed E-state index contributed by atoms with van der Waals surface area (Å²) < 4.78 is 6.31. The number of hydrogen-bond donors (Lipinski definition) is 2. The monoisotopic (exact) mass is 510 g/mol. The van der Waals surface area contributed by atoms with Gasteiger partial charge in [-0.15, -0.1) is 0 Å². The quantitative estimate of drug-likeness (QED) is 0.301. The third kappa shape index (κ3) is 6.53. The number of nitrogens with zero attached hydrogens (tertiary/aromatic N) is 2. The maximum atomic E-state index is 13.2. The van der Waals surface area contributed by atoms with Crippen molar-refractivity contribution < 1.29 is 14.3 Å². The molecule has 3 aromatic carbocycles. The third-order valence-electron chi connectivity index (χ3n) is 6.35. The van der Waals surface area contributed by atoms with Gasteiger partial charge < -0.3 is 15.4 Å². The van der Waals surface area contributed by atoms with Crippen molar-refractivity contribution in [3.8, 4) is 11.1 Å². The van der Waals surface area contributed by atoms with Crippen molar-refractivity contribution >= 4 is 23.4 Å². The molecule has 0 aliphatic rings. The number of hydrogen-bond acceptors (Lipinski definition) is 5. The summed E-state index contributed by atoms with van der Waals surface area (Å²) in [5, 5.41) is 5.64. The van der Waals surface area contributed by atoms with E-state index in [0.717, 1.165) is 22.4 Å². The Morgan fingerprint density at radius 3 is 2.37 bits per heavy atom. The first-order valence-electron chi connectivity index (χ1n) is 12.3. The molecule has 0 unspecified atom stereocenters. The molecule has 4 aromatic rings. The minimum atomic E-state index is -0.346. The number of amides is 2. The molecule has 0 aliphatic heterocycles. The zero-order chi connectivity index (χ0) is 27.1. The van der Waals surface area contributed by atoms with Gasteiger partial charge in [0, 0.05) is 17.6 Å². The molecule has 8 nitrogen and oxygen atoms in total. The first-order valence-corrected chi connectivity index (χ1v) is 12.3. The van der Waals surface area contributed by atoms with Crippen molar-refractivity contribution in [1.29, 1.82) is 0 Å². The summed E-state index contributed by atoms with van der Waals surface area (Å²) in [6.45, 7) is 4.26. The average Bonchev–Trinajstić information content (AvgIpc) is 2.92. The molecule has 1 atom stereocenters. The molecule has 2 N–H and O–H groups in total. The van der Waals surface area contributed by atoms with Gasteiger partial charge >= 0.3 is 12.0 Å². The average molecular weight is 511 g/mol. The summed E-state index contributed by atoms with van der Waals surface area (Å²) in [6.07, 6.45) is 3.38. The summed E-state index contributed by atoms with van der Waals surface area (Å²) in [7, 11) is 1.38. The number of rotatable bonds is 8. The normalized spacial score (nSPS) is 11.4. The lowest BCUT2D eigenvalue weighted by Crippen LogP contribution is -2.22. The number of methoxy groups -OCH3 is 1. The number of ether oxygens (including phenoxy) is 1. The molecule has 194 valence electrons. The fraction of sp³-hybridized carbons (Fsp3) is 0.200. The van der Waals surface area contributed by atoms with E-state index < -0.39 is 0 Å². The number of esters is 1. The number of carbonyl (C=O) groups excluding carboxylic acids is 2. The van der Waals surface area contributed by atoms with Gasteiger partial charge in [0.15, 0.2) is 0 Å². The van der Waals surface area contributed by atoms with Crippen LogP contribution in [0, 0.1) is 6.92 Å². The Bertz CT molecular complexity index is 1480. The van der Waals surface area contributed by atoms with Gasteiger partial charge in [-0.1, -0.05) is 61.5 Å². The van der Waals surface area contributed by atoms with E-state index in [1.807, 2.05) is 62.4 Å². The molecule has 8 heteroatoms. The van der Waals surface area contributed by atoms with Crippen LogP contribution in [0.1, 0.15) is 36.0 Å². The Morgan fingerprint density at radius 2 is 1.68 bits per heavy atom. The highest BCUT2D eigenvalue weighted by Gasteiger charge is 2.12. The molecule has 2 amide bonds. The topological polar surface area (TPSA) is 102 Å². The number of para-hydroxylation sites is 1. The SMILES string of the molecule is COC(=O)C[C@@H](C)c1ccc(Cn2cncc(-c3ccc(NC(=O)Nc4ccccc4C)cc3)c2=O)cc1. The summed E-state index contributed by atoms with van der Waals surface area (Å²) in [5.41, 5.74) is 5.28. The highest BCUT2D eigenvalue weighted by atomic mass is 16.5. The molecule has 0 saturated heterocycles. The van der Waals surface area contributed by atoms with Gasteiger partial charge in [0.1, 0.15) is 0 Å². The zero-order valence-corrected chi connectivity index (χ0v) is 21.6. The van der Waals surface area contributed by atoms with Crippen LogP contribution in [0.25, 0.3) is 11.1 Å². The van der Waals surface area contributed by atoms with E-state index in [-0.39, 0.29) is 23.5 Å². The Morgan fingerprint density at radius 1 is 0.974 bits per heavy atom. The number of urea groups is 1. The van der Waals surface area contributed by atoms with Crippen molar-refractivity contribution in [3.63, 3.8) is 0 Å². The van der Waals surface area contributed by atoms with Crippen LogP contribution in [0.4, 0.5) is 16.2 Å².